The summed E-state index contributed by atoms with van der Waals surface area (Å²) >= 11 is 3.86. The number of thioether (sulfide) groups is 2. The molecule has 0 aromatic heterocycles. The Morgan fingerprint density at radius 3 is 2.83 bits per heavy atom. The Balaban J connectivity index is 2.31. The molecule has 1 saturated heterocycles. The minimum Gasteiger partial charge on any atom is -0.481 e. The summed E-state index contributed by atoms with van der Waals surface area (Å²) in [6, 6.07) is 0. The Morgan fingerprint density at radius 2 is 2.33 bits per heavy atom. The molecule has 1 heterocycles. The van der Waals surface area contributed by atoms with E-state index in [1.165, 1.54) is 11.5 Å². The fourth-order valence-corrected chi connectivity index (χ4v) is 4.04. The van der Waals surface area contributed by atoms with Crippen LogP contribution in [-0.4, -0.2) is 33.1 Å². The Kier molecular flexibility index (Phi) is 3.77. The zero-order valence-electron chi connectivity index (χ0n) is 7.21. The van der Waals surface area contributed by atoms with Gasteiger partial charge in [-0.3, -0.25) is 4.79 Å². The smallest absolute Gasteiger partial charge is 0.303 e. The van der Waals surface area contributed by atoms with Crippen LogP contribution in [0.2, 0.25) is 0 Å². The maximum Gasteiger partial charge on any atom is 0.303 e. The summed E-state index contributed by atoms with van der Waals surface area (Å²) in [6.07, 6.45) is 1.12. The molecule has 1 aliphatic rings. The minimum absolute atomic E-state index is 0.210. The van der Waals surface area contributed by atoms with Crippen molar-refractivity contribution in [2.24, 2.45) is 0 Å². The largest absolute Gasteiger partial charge is 0.481 e. The van der Waals surface area contributed by atoms with E-state index >= 15 is 0 Å². The number of hydrogen-bond acceptors (Lipinski definition) is 3. The van der Waals surface area contributed by atoms with Crippen molar-refractivity contribution in [2.75, 3.05) is 17.3 Å². The maximum absolute atomic E-state index is 10.4. The highest BCUT2D eigenvalue weighted by Crippen LogP contribution is 2.37. The highest BCUT2D eigenvalue weighted by molar-refractivity contribution is 8.07. The number of carboxylic acid groups (broad SMARTS) is 1. The van der Waals surface area contributed by atoms with Gasteiger partial charge in [-0.15, -0.1) is 0 Å². The Hall–Kier alpha value is 0.170. The van der Waals surface area contributed by atoms with Crippen LogP contribution >= 0.6 is 23.5 Å². The molecule has 1 N–H and O–H groups in total. The van der Waals surface area contributed by atoms with Crippen LogP contribution in [0.25, 0.3) is 0 Å². The van der Waals surface area contributed by atoms with E-state index in [0.29, 0.717) is 6.42 Å². The zero-order valence-corrected chi connectivity index (χ0v) is 8.84. The van der Waals surface area contributed by atoms with Crippen molar-refractivity contribution < 1.29 is 9.90 Å². The van der Waals surface area contributed by atoms with Gasteiger partial charge in [-0.05, 0) is 13.3 Å². The number of aliphatic carboxylic acids is 1. The van der Waals surface area contributed by atoms with Gasteiger partial charge in [0.15, 0.2) is 0 Å². The van der Waals surface area contributed by atoms with Crippen molar-refractivity contribution in [3.05, 3.63) is 0 Å². The lowest BCUT2D eigenvalue weighted by atomic mass is 10.1. The first-order valence-corrected chi connectivity index (χ1v) is 6.20. The lowest BCUT2D eigenvalue weighted by molar-refractivity contribution is -0.137. The third kappa shape index (κ3) is 3.27. The fourth-order valence-electron chi connectivity index (χ4n) is 1.19. The summed E-state index contributed by atoms with van der Waals surface area (Å²) in [5.41, 5.74) is 0. The number of rotatable bonds is 3. The van der Waals surface area contributed by atoms with Crippen molar-refractivity contribution in [1.29, 1.82) is 0 Å². The van der Waals surface area contributed by atoms with E-state index in [4.69, 9.17) is 5.11 Å². The van der Waals surface area contributed by atoms with Crippen molar-refractivity contribution in [1.82, 2.24) is 0 Å². The van der Waals surface area contributed by atoms with Crippen LogP contribution in [0.15, 0.2) is 0 Å². The van der Waals surface area contributed by atoms with E-state index in [0.717, 1.165) is 12.2 Å². The molecule has 0 aliphatic carbocycles. The van der Waals surface area contributed by atoms with Crippen LogP contribution in [0, 0.1) is 0 Å². The highest BCUT2D eigenvalue weighted by Gasteiger charge is 2.28. The molecule has 0 spiro atoms. The number of carbonyl (C=O) groups is 1. The average Bonchev–Trinajstić information content (AvgIpc) is 2.03. The van der Waals surface area contributed by atoms with Crippen molar-refractivity contribution >= 4 is 29.5 Å². The first kappa shape index (κ1) is 10.3. The van der Waals surface area contributed by atoms with Crippen LogP contribution in [0.3, 0.4) is 0 Å². The average molecular weight is 206 g/mol. The maximum atomic E-state index is 10.4. The summed E-state index contributed by atoms with van der Waals surface area (Å²) in [7, 11) is 0. The van der Waals surface area contributed by atoms with Crippen LogP contribution in [0.1, 0.15) is 19.8 Å². The van der Waals surface area contributed by atoms with Gasteiger partial charge < -0.3 is 5.11 Å². The van der Waals surface area contributed by atoms with Gasteiger partial charge in [0.2, 0.25) is 0 Å². The molecular weight excluding hydrogens is 192 g/mol. The first-order chi connectivity index (χ1) is 5.62. The van der Waals surface area contributed by atoms with Gasteiger partial charge in [0.1, 0.15) is 0 Å². The minimum atomic E-state index is -0.674. The topological polar surface area (TPSA) is 37.3 Å². The van der Waals surface area contributed by atoms with Gasteiger partial charge in [-0.1, -0.05) is 0 Å². The molecule has 70 valence electrons. The van der Waals surface area contributed by atoms with Crippen LogP contribution in [-0.2, 0) is 4.79 Å². The van der Waals surface area contributed by atoms with Crippen molar-refractivity contribution in [3.8, 4) is 0 Å². The first-order valence-electron chi connectivity index (χ1n) is 4.06. The molecule has 1 unspecified atom stereocenters. The van der Waals surface area contributed by atoms with Crippen LogP contribution in [0.5, 0.6) is 0 Å². The van der Waals surface area contributed by atoms with Gasteiger partial charge in [-0.25, -0.2) is 0 Å². The predicted octanol–water partition coefficient (Wildman–Crippen LogP) is 2.09. The Labute approximate surface area is 81.5 Å². The Bertz CT molecular complexity index is 164. The van der Waals surface area contributed by atoms with E-state index in [1.807, 2.05) is 23.5 Å². The Morgan fingerprint density at radius 1 is 1.58 bits per heavy atom. The molecule has 12 heavy (non-hydrogen) atoms. The molecule has 0 amide bonds. The van der Waals surface area contributed by atoms with Crippen molar-refractivity contribution in [3.63, 3.8) is 0 Å². The molecule has 0 aromatic rings. The molecule has 1 rings (SSSR count). The SMILES string of the molecule is CC1(CCC(=O)O)CSCCS1. The lowest BCUT2D eigenvalue weighted by Gasteiger charge is -2.31. The third-order valence-corrected chi connectivity index (χ3v) is 5.18. The van der Waals surface area contributed by atoms with Gasteiger partial charge >= 0.3 is 5.97 Å². The molecule has 1 fully saturated rings. The highest BCUT2D eigenvalue weighted by atomic mass is 32.2. The summed E-state index contributed by atoms with van der Waals surface area (Å²) in [5, 5.41) is 8.54. The monoisotopic (exact) mass is 206 g/mol. The summed E-state index contributed by atoms with van der Waals surface area (Å²) in [4.78, 5) is 10.4. The van der Waals surface area contributed by atoms with Gasteiger partial charge in [-0.2, -0.15) is 23.5 Å². The second-order valence-electron chi connectivity index (χ2n) is 3.24. The quantitative estimate of drug-likeness (QED) is 0.767. The summed E-state index contributed by atoms with van der Waals surface area (Å²) in [5.74, 6) is 2.81. The lowest BCUT2D eigenvalue weighted by Crippen LogP contribution is -2.28. The van der Waals surface area contributed by atoms with Gasteiger partial charge in [0.05, 0.1) is 0 Å². The second-order valence-corrected chi connectivity index (χ2v) is 6.03. The second kappa shape index (κ2) is 4.42. The molecule has 2 nitrogen and oxygen atoms in total. The predicted molar refractivity (Wildman–Crippen MR) is 55.1 cm³/mol. The van der Waals surface area contributed by atoms with Crippen LogP contribution in [0.4, 0.5) is 0 Å². The number of hydrogen-bond donors (Lipinski definition) is 1. The molecule has 0 saturated carbocycles. The molecule has 0 radical (unpaired) electrons. The normalized spacial score (nSPS) is 30.1. The zero-order chi connectivity index (χ0) is 9.03. The molecule has 4 heteroatoms. The molecule has 1 aliphatic heterocycles. The van der Waals surface area contributed by atoms with E-state index < -0.39 is 5.97 Å². The van der Waals surface area contributed by atoms with E-state index in [2.05, 4.69) is 6.92 Å². The third-order valence-electron chi connectivity index (χ3n) is 1.95. The molecule has 0 bridgehead atoms. The molecule has 1 atom stereocenters. The standard InChI is InChI=1S/C8H14O2S2/c1-8(3-2-7(9)10)6-11-4-5-12-8/h2-6H2,1H3,(H,9,10). The van der Waals surface area contributed by atoms with Gasteiger partial charge in [0, 0.05) is 28.4 Å². The van der Waals surface area contributed by atoms with Gasteiger partial charge in [0.25, 0.3) is 0 Å². The fraction of sp³-hybridized carbons (Fsp3) is 0.875. The van der Waals surface area contributed by atoms with E-state index in [1.54, 1.807) is 0 Å². The number of carboxylic acids is 1. The summed E-state index contributed by atoms with van der Waals surface area (Å²) in [6.45, 7) is 2.17. The molecular formula is C8H14O2S2. The van der Waals surface area contributed by atoms with Crippen LogP contribution < -0.4 is 0 Å². The van der Waals surface area contributed by atoms with Crippen molar-refractivity contribution in [2.45, 2.75) is 24.5 Å². The summed E-state index contributed by atoms with van der Waals surface area (Å²) < 4.78 is 0.210. The molecule has 0 aromatic carbocycles. The van der Waals surface area contributed by atoms with E-state index in [9.17, 15) is 4.79 Å². The van der Waals surface area contributed by atoms with E-state index in [-0.39, 0.29) is 4.75 Å².